The van der Waals surface area contributed by atoms with Crippen LogP contribution in [0.15, 0.2) is 23.2 Å². The number of rotatable bonds is 4. The summed E-state index contributed by atoms with van der Waals surface area (Å²) in [6.07, 6.45) is -6.00. The molecule has 0 bridgehead atoms. The van der Waals surface area contributed by atoms with Crippen molar-refractivity contribution >= 4 is 5.71 Å². The van der Waals surface area contributed by atoms with E-state index in [0.717, 1.165) is 13.8 Å². The molecule has 0 aliphatic heterocycles. The predicted molar refractivity (Wildman–Crippen MR) is 53.0 cm³/mol. The number of nitrogens with one attached hydrogen (secondary N) is 1. The fraction of sp³-hybridized carbons (Fsp3) is 0.444. The van der Waals surface area contributed by atoms with Crippen LogP contribution in [-0.2, 0) is 0 Å². The maximum atomic E-state index is 13.2. The van der Waals surface area contributed by atoms with Gasteiger partial charge in [0, 0.05) is 24.3 Å². The van der Waals surface area contributed by atoms with Crippen molar-refractivity contribution in [3.05, 3.63) is 33.3 Å². The van der Waals surface area contributed by atoms with Crippen molar-refractivity contribution in [1.82, 2.24) is 0 Å². The summed E-state index contributed by atoms with van der Waals surface area (Å²) in [5, 5.41) is 17.4. The molecule has 0 amide bonds. The largest absolute Gasteiger partial charge is 0.395 e. The number of nitro groups is 1. The highest BCUT2D eigenvalue weighted by Crippen LogP contribution is 2.28. The van der Waals surface area contributed by atoms with E-state index in [-0.39, 0.29) is 0 Å². The minimum Gasteiger partial charge on any atom is -0.305 e. The second-order valence-electron chi connectivity index (χ2n) is 3.28. The molecule has 17 heavy (non-hydrogen) atoms. The fourth-order valence-electron chi connectivity index (χ4n) is 0.923. The van der Waals surface area contributed by atoms with Crippen molar-refractivity contribution in [2.45, 2.75) is 26.4 Å². The fourth-order valence-corrected chi connectivity index (χ4v) is 0.923. The van der Waals surface area contributed by atoms with E-state index in [1.54, 1.807) is 0 Å². The molecule has 0 heterocycles. The van der Waals surface area contributed by atoms with Crippen molar-refractivity contribution in [2.24, 2.45) is 0 Å². The number of halogens is 4. The lowest BCUT2D eigenvalue weighted by Crippen LogP contribution is -2.10. The van der Waals surface area contributed by atoms with Gasteiger partial charge in [0.2, 0.25) is 5.70 Å². The first-order chi connectivity index (χ1) is 7.54. The Labute approximate surface area is 94.3 Å². The lowest BCUT2D eigenvalue weighted by molar-refractivity contribution is -0.424. The standard InChI is InChI=1S/C9H10F4N2O2/c1-5(15(16)17)3-7(6(2)14)8(10)4-9(11,12)13/h3,14H,4H2,1-2H3/b5-3+,8-7-,14-6?. The van der Waals surface area contributed by atoms with Gasteiger partial charge in [-0.3, -0.25) is 10.1 Å². The SMILES string of the molecule is CC(=N)C(/C=C(\C)[N+](=O)[O-])=C(\F)CC(F)(F)F. The molecular weight excluding hydrogens is 244 g/mol. The maximum absolute atomic E-state index is 13.2. The minimum atomic E-state index is -4.76. The van der Waals surface area contributed by atoms with E-state index >= 15 is 0 Å². The van der Waals surface area contributed by atoms with E-state index in [0.29, 0.717) is 6.08 Å². The summed E-state index contributed by atoms with van der Waals surface area (Å²) in [5.74, 6) is -1.61. The summed E-state index contributed by atoms with van der Waals surface area (Å²) in [4.78, 5) is 9.39. The molecule has 0 aliphatic rings. The van der Waals surface area contributed by atoms with Gasteiger partial charge in [-0.2, -0.15) is 13.2 Å². The highest BCUT2D eigenvalue weighted by molar-refractivity contribution is 5.98. The molecule has 0 aliphatic carbocycles. The Hall–Kier alpha value is -1.73. The summed E-state index contributed by atoms with van der Waals surface area (Å²) in [5.41, 5.74) is -1.76. The smallest absolute Gasteiger partial charge is 0.305 e. The van der Waals surface area contributed by atoms with Crippen LogP contribution in [0.2, 0.25) is 0 Å². The van der Waals surface area contributed by atoms with Crippen LogP contribution in [0, 0.1) is 15.5 Å². The van der Waals surface area contributed by atoms with Gasteiger partial charge in [0.15, 0.2) is 0 Å². The average molecular weight is 254 g/mol. The zero-order valence-corrected chi connectivity index (χ0v) is 9.06. The molecule has 0 saturated heterocycles. The molecular formula is C9H10F4N2O2. The van der Waals surface area contributed by atoms with E-state index in [4.69, 9.17) is 5.41 Å². The summed E-state index contributed by atoms with van der Waals surface area (Å²) in [6.45, 7) is 2.05. The lowest BCUT2D eigenvalue weighted by atomic mass is 10.1. The van der Waals surface area contributed by atoms with Crippen molar-refractivity contribution < 1.29 is 22.5 Å². The molecule has 0 unspecified atom stereocenters. The Kier molecular flexibility index (Phi) is 4.99. The number of hydrogen-bond acceptors (Lipinski definition) is 3. The van der Waals surface area contributed by atoms with Gasteiger partial charge < -0.3 is 5.41 Å². The molecule has 1 N–H and O–H groups in total. The van der Waals surface area contributed by atoms with E-state index in [9.17, 15) is 27.7 Å². The number of alkyl halides is 3. The monoisotopic (exact) mass is 254 g/mol. The summed E-state index contributed by atoms with van der Waals surface area (Å²) >= 11 is 0. The third-order valence-corrected chi connectivity index (χ3v) is 1.69. The molecule has 96 valence electrons. The van der Waals surface area contributed by atoms with Crippen molar-refractivity contribution in [2.75, 3.05) is 0 Å². The first kappa shape index (κ1) is 15.3. The maximum Gasteiger partial charge on any atom is 0.395 e. The topological polar surface area (TPSA) is 67.0 Å². The Morgan fingerprint density at radius 2 is 1.88 bits per heavy atom. The van der Waals surface area contributed by atoms with Crippen LogP contribution in [-0.4, -0.2) is 16.8 Å². The van der Waals surface area contributed by atoms with E-state index in [1.807, 2.05) is 0 Å². The number of hydrogen-bond donors (Lipinski definition) is 1. The van der Waals surface area contributed by atoms with Gasteiger partial charge in [-0.05, 0) is 6.92 Å². The van der Waals surface area contributed by atoms with Gasteiger partial charge in [-0.15, -0.1) is 0 Å². The van der Waals surface area contributed by atoms with Gasteiger partial charge in [0.1, 0.15) is 5.83 Å². The quantitative estimate of drug-likeness (QED) is 0.275. The molecule has 0 aromatic carbocycles. The molecule has 4 nitrogen and oxygen atoms in total. The molecule has 0 aromatic rings. The molecule has 0 rings (SSSR count). The first-order valence-electron chi connectivity index (χ1n) is 4.38. The highest BCUT2D eigenvalue weighted by Gasteiger charge is 2.31. The van der Waals surface area contributed by atoms with E-state index < -0.39 is 40.3 Å². The van der Waals surface area contributed by atoms with Crippen LogP contribution >= 0.6 is 0 Å². The van der Waals surface area contributed by atoms with Crippen molar-refractivity contribution in [1.29, 1.82) is 5.41 Å². The third kappa shape index (κ3) is 5.79. The Bertz CT molecular complexity index is 396. The summed E-state index contributed by atoms with van der Waals surface area (Å²) < 4.78 is 49.0. The molecule has 0 aromatic heterocycles. The molecule has 0 atom stereocenters. The Balaban J connectivity index is 5.37. The first-order valence-corrected chi connectivity index (χ1v) is 4.38. The van der Waals surface area contributed by atoms with Crippen LogP contribution in [0.5, 0.6) is 0 Å². The second kappa shape index (κ2) is 5.55. The molecule has 0 saturated carbocycles. The number of nitrogens with zero attached hydrogens (tertiary/aromatic N) is 1. The van der Waals surface area contributed by atoms with Crippen LogP contribution in [0.4, 0.5) is 17.6 Å². The minimum absolute atomic E-state index is 0.507. The van der Waals surface area contributed by atoms with E-state index in [2.05, 4.69) is 0 Å². The molecule has 8 heteroatoms. The van der Waals surface area contributed by atoms with Crippen molar-refractivity contribution in [3.8, 4) is 0 Å². The van der Waals surface area contributed by atoms with E-state index in [1.165, 1.54) is 0 Å². The molecule has 0 fully saturated rings. The van der Waals surface area contributed by atoms with Crippen LogP contribution in [0.3, 0.4) is 0 Å². The summed E-state index contributed by atoms with van der Waals surface area (Å²) in [7, 11) is 0. The highest BCUT2D eigenvalue weighted by atomic mass is 19.4. The Morgan fingerprint density at radius 1 is 1.41 bits per heavy atom. The van der Waals surface area contributed by atoms with Gasteiger partial charge >= 0.3 is 6.18 Å². The average Bonchev–Trinajstić information content (AvgIpc) is 2.09. The van der Waals surface area contributed by atoms with Gasteiger partial charge in [0.05, 0.1) is 11.3 Å². The van der Waals surface area contributed by atoms with Crippen LogP contribution in [0.1, 0.15) is 20.3 Å². The van der Waals surface area contributed by atoms with Crippen molar-refractivity contribution in [3.63, 3.8) is 0 Å². The molecule has 0 radical (unpaired) electrons. The van der Waals surface area contributed by atoms with Gasteiger partial charge in [-0.25, -0.2) is 4.39 Å². The zero-order chi connectivity index (χ0) is 13.8. The lowest BCUT2D eigenvalue weighted by Gasteiger charge is -2.07. The van der Waals surface area contributed by atoms with Crippen LogP contribution in [0.25, 0.3) is 0 Å². The van der Waals surface area contributed by atoms with Crippen LogP contribution < -0.4 is 0 Å². The third-order valence-electron chi connectivity index (χ3n) is 1.69. The molecule has 0 spiro atoms. The van der Waals surface area contributed by atoms with Gasteiger partial charge in [-0.1, -0.05) is 0 Å². The normalized spacial score (nSPS) is 14.4. The Morgan fingerprint density at radius 3 is 2.18 bits per heavy atom. The predicted octanol–water partition coefficient (Wildman–Crippen LogP) is 3.38. The summed E-state index contributed by atoms with van der Waals surface area (Å²) in [6, 6.07) is 0. The zero-order valence-electron chi connectivity index (χ0n) is 9.06. The second-order valence-corrected chi connectivity index (χ2v) is 3.28. The van der Waals surface area contributed by atoms with Gasteiger partial charge in [0.25, 0.3) is 0 Å². The number of allylic oxidation sites excluding steroid dienone is 4.